The number of aliphatic hydroxyl groups excluding tert-OH is 1. The molecule has 136 valence electrons. The van der Waals surface area contributed by atoms with Crippen molar-refractivity contribution in [1.29, 1.82) is 0 Å². The average molecular weight is 385 g/mol. The van der Waals surface area contributed by atoms with Crippen LogP contribution >= 0.6 is 11.3 Å². The molecule has 0 saturated heterocycles. The number of thiophene rings is 1. The number of nitrogens with one attached hydrogen (secondary N) is 1. The molecule has 2 rings (SSSR count). The number of hydrogen-bond acceptors (Lipinski definition) is 7. The molecule has 0 aliphatic carbocycles. The van der Waals surface area contributed by atoms with E-state index in [1.54, 1.807) is 0 Å². The van der Waals surface area contributed by atoms with Crippen molar-refractivity contribution in [3.63, 3.8) is 0 Å². The standard InChI is InChI=1S/C16H19NO6S2/c1-22-16(19)12-4-6-13(7-5-12)25(20,21)17-11-14(23-9-8-18)15-3-2-10-24-15/h2-7,10,14,17-18H,8-9,11H2,1H3/t14-/m1/s1. The molecule has 0 amide bonds. The third-order valence-electron chi connectivity index (χ3n) is 3.32. The molecular formula is C16H19NO6S2. The van der Waals surface area contributed by atoms with E-state index in [0.717, 1.165) is 4.88 Å². The fourth-order valence-corrected chi connectivity index (χ4v) is 3.87. The Kier molecular flexibility index (Phi) is 7.09. The van der Waals surface area contributed by atoms with Gasteiger partial charge in [0, 0.05) is 11.4 Å². The van der Waals surface area contributed by atoms with Gasteiger partial charge in [-0.15, -0.1) is 11.3 Å². The van der Waals surface area contributed by atoms with Crippen molar-refractivity contribution in [1.82, 2.24) is 4.72 Å². The molecule has 1 heterocycles. The van der Waals surface area contributed by atoms with E-state index in [1.807, 2.05) is 17.5 Å². The second kappa shape index (κ2) is 9.07. The lowest BCUT2D eigenvalue weighted by atomic mass is 10.2. The molecule has 0 saturated carbocycles. The SMILES string of the molecule is COC(=O)c1ccc(S(=O)(=O)NC[C@@H](OCCO)c2cccs2)cc1. The summed E-state index contributed by atoms with van der Waals surface area (Å²) in [5, 5.41) is 10.8. The Balaban J connectivity index is 2.07. The van der Waals surface area contributed by atoms with Crippen LogP contribution in [0.1, 0.15) is 21.3 Å². The molecule has 0 radical (unpaired) electrons. The lowest BCUT2D eigenvalue weighted by Gasteiger charge is -2.17. The molecule has 0 fully saturated rings. The second-order valence-corrected chi connectivity index (χ2v) is 7.71. The number of esters is 1. The fraction of sp³-hybridized carbons (Fsp3) is 0.312. The Morgan fingerprint density at radius 2 is 2.00 bits per heavy atom. The van der Waals surface area contributed by atoms with Crippen LogP contribution in [-0.4, -0.2) is 46.4 Å². The molecule has 7 nitrogen and oxygen atoms in total. The van der Waals surface area contributed by atoms with Gasteiger partial charge in [-0.2, -0.15) is 0 Å². The van der Waals surface area contributed by atoms with Crippen LogP contribution < -0.4 is 4.72 Å². The number of benzene rings is 1. The summed E-state index contributed by atoms with van der Waals surface area (Å²) in [4.78, 5) is 12.3. The maximum atomic E-state index is 12.4. The van der Waals surface area contributed by atoms with Crippen LogP contribution in [0.2, 0.25) is 0 Å². The summed E-state index contributed by atoms with van der Waals surface area (Å²) < 4.78 is 37.4. The number of carbonyl (C=O) groups is 1. The number of methoxy groups -OCH3 is 1. The van der Waals surface area contributed by atoms with Crippen LogP contribution in [0.25, 0.3) is 0 Å². The normalized spacial score (nSPS) is 12.7. The maximum absolute atomic E-state index is 12.4. The lowest BCUT2D eigenvalue weighted by molar-refractivity contribution is 0.0328. The molecule has 1 atom stereocenters. The molecule has 25 heavy (non-hydrogen) atoms. The third kappa shape index (κ3) is 5.35. The summed E-state index contributed by atoms with van der Waals surface area (Å²) in [6.45, 7) is -0.0106. The molecule has 0 spiro atoms. The highest BCUT2D eigenvalue weighted by atomic mass is 32.2. The molecule has 2 N–H and O–H groups in total. The summed E-state index contributed by atoms with van der Waals surface area (Å²) in [7, 11) is -2.51. The zero-order chi connectivity index (χ0) is 18.3. The maximum Gasteiger partial charge on any atom is 0.337 e. The molecule has 9 heteroatoms. The molecule has 0 aliphatic rings. The van der Waals surface area contributed by atoms with Crippen LogP contribution in [0, 0.1) is 0 Å². The van der Waals surface area contributed by atoms with E-state index in [0.29, 0.717) is 0 Å². The van der Waals surface area contributed by atoms with Crippen LogP contribution in [-0.2, 0) is 19.5 Å². The molecule has 0 aliphatic heterocycles. The van der Waals surface area contributed by atoms with Gasteiger partial charge in [-0.05, 0) is 35.7 Å². The number of sulfonamides is 1. The van der Waals surface area contributed by atoms with Crippen molar-refractivity contribution in [2.75, 3.05) is 26.9 Å². The first-order chi connectivity index (χ1) is 12.0. The van der Waals surface area contributed by atoms with Gasteiger partial charge < -0.3 is 14.6 Å². The first-order valence-corrected chi connectivity index (χ1v) is 9.78. The minimum atomic E-state index is -3.76. The van der Waals surface area contributed by atoms with E-state index in [4.69, 9.17) is 9.84 Å². The lowest BCUT2D eigenvalue weighted by Crippen LogP contribution is -2.29. The zero-order valence-electron chi connectivity index (χ0n) is 13.5. The smallest absolute Gasteiger partial charge is 0.337 e. The van der Waals surface area contributed by atoms with Gasteiger partial charge in [0.05, 0.1) is 30.8 Å². The Labute approximate surface area is 150 Å². The number of aliphatic hydroxyl groups is 1. The minimum Gasteiger partial charge on any atom is -0.465 e. The molecule has 0 unspecified atom stereocenters. The predicted octanol–water partition coefficient (Wildman–Crippen LogP) is 1.56. The van der Waals surface area contributed by atoms with Crippen molar-refractivity contribution in [3.05, 3.63) is 52.2 Å². The monoisotopic (exact) mass is 385 g/mol. The molecular weight excluding hydrogens is 366 g/mol. The summed E-state index contributed by atoms with van der Waals surface area (Å²) in [5.74, 6) is -0.535. The van der Waals surface area contributed by atoms with Crippen LogP contribution in [0.5, 0.6) is 0 Å². The molecule has 2 aromatic rings. The fourth-order valence-electron chi connectivity index (χ4n) is 2.07. The van der Waals surface area contributed by atoms with E-state index in [1.165, 1.54) is 42.7 Å². The Hall–Kier alpha value is -1.78. The van der Waals surface area contributed by atoms with Crippen LogP contribution in [0.4, 0.5) is 0 Å². The minimum absolute atomic E-state index is 0.0294. The van der Waals surface area contributed by atoms with Gasteiger partial charge in [0.1, 0.15) is 6.10 Å². The summed E-state index contributed by atoms with van der Waals surface area (Å²) in [6.07, 6.45) is -0.490. The van der Waals surface area contributed by atoms with Crippen molar-refractivity contribution in [3.8, 4) is 0 Å². The van der Waals surface area contributed by atoms with Crippen LogP contribution in [0.3, 0.4) is 0 Å². The third-order valence-corrected chi connectivity index (χ3v) is 5.72. The Bertz CT molecular complexity index is 771. The summed E-state index contributed by atoms with van der Waals surface area (Å²) in [6, 6.07) is 9.13. The number of rotatable bonds is 9. The Morgan fingerprint density at radius 3 is 2.56 bits per heavy atom. The summed E-state index contributed by atoms with van der Waals surface area (Å²) >= 11 is 1.44. The first-order valence-electron chi connectivity index (χ1n) is 7.42. The van der Waals surface area contributed by atoms with Crippen molar-refractivity contribution < 1.29 is 27.8 Å². The topological polar surface area (TPSA) is 102 Å². The molecule has 0 bridgehead atoms. The first kappa shape index (κ1) is 19.5. The second-order valence-electron chi connectivity index (χ2n) is 4.97. The largest absolute Gasteiger partial charge is 0.465 e. The van der Waals surface area contributed by atoms with Gasteiger partial charge in [-0.1, -0.05) is 6.07 Å². The highest BCUT2D eigenvalue weighted by Crippen LogP contribution is 2.22. The zero-order valence-corrected chi connectivity index (χ0v) is 15.2. The Morgan fingerprint density at radius 1 is 1.28 bits per heavy atom. The van der Waals surface area contributed by atoms with Gasteiger partial charge in [0.15, 0.2) is 0 Å². The highest BCUT2D eigenvalue weighted by Gasteiger charge is 2.20. The van der Waals surface area contributed by atoms with Crippen molar-refractivity contribution in [2.45, 2.75) is 11.0 Å². The quantitative estimate of drug-likeness (QED) is 0.635. The van der Waals surface area contributed by atoms with Crippen molar-refractivity contribution in [2.24, 2.45) is 0 Å². The van der Waals surface area contributed by atoms with Gasteiger partial charge >= 0.3 is 5.97 Å². The molecule has 1 aromatic carbocycles. The number of hydrogen-bond donors (Lipinski definition) is 2. The predicted molar refractivity (Wildman–Crippen MR) is 93.1 cm³/mol. The number of carbonyl (C=O) groups excluding carboxylic acids is 1. The van der Waals surface area contributed by atoms with Gasteiger partial charge in [-0.25, -0.2) is 17.9 Å². The average Bonchev–Trinajstić information content (AvgIpc) is 3.15. The van der Waals surface area contributed by atoms with Gasteiger partial charge in [-0.3, -0.25) is 0 Å². The molecule has 1 aromatic heterocycles. The van der Waals surface area contributed by atoms with E-state index in [2.05, 4.69) is 9.46 Å². The summed E-state index contributed by atoms with van der Waals surface area (Å²) in [5.41, 5.74) is 0.268. The van der Waals surface area contributed by atoms with E-state index >= 15 is 0 Å². The van der Waals surface area contributed by atoms with E-state index in [-0.39, 0.29) is 30.2 Å². The van der Waals surface area contributed by atoms with Crippen LogP contribution in [0.15, 0.2) is 46.7 Å². The number of ether oxygens (including phenoxy) is 2. The van der Waals surface area contributed by atoms with E-state index < -0.39 is 22.1 Å². The highest BCUT2D eigenvalue weighted by molar-refractivity contribution is 7.89. The van der Waals surface area contributed by atoms with E-state index in [9.17, 15) is 13.2 Å². The van der Waals surface area contributed by atoms with Crippen molar-refractivity contribution >= 4 is 27.3 Å². The van der Waals surface area contributed by atoms with Gasteiger partial charge in [0.2, 0.25) is 10.0 Å². The van der Waals surface area contributed by atoms with Gasteiger partial charge in [0.25, 0.3) is 0 Å².